The minimum Gasteiger partial charge on any atom is -0.391 e. The highest BCUT2D eigenvalue weighted by Gasteiger charge is 2.19. The number of rotatable bonds is 3. The summed E-state index contributed by atoms with van der Waals surface area (Å²) in [6.07, 6.45) is -0.642. The van der Waals surface area contributed by atoms with Crippen molar-refractivity contribution in [2.24, 2.45) is 11.7 Å². The molecule has 0 aliphatic heterocycles. The zero-order chi connectivity index (χ0) is 10.7. The van der Waals surface area contributed by atoms with Crippen LogP contribution in [0.15, 0.2) is 24.3 Å². The average molecular weight is 234 g/mol. The van der Waals surface area contributed by atoms with E-state index >= 15 is 0 Å². The van der Waals surface area contributed by atoms with E-state index in [9.17, 15) is 9.50 Å². The second-order valence-electron chi connectivity index (χ2n) is 3.82. The van der Waals surface area contributed by atoms with Gasteiger partial charge >= 0.3 is 0 Å². The number of benzene rings is 1. The summed E-state index contributed by atoms with van der Waals surface area (Å²) in [7, 11) is 0. The first kappa shape index (κ1) is 14.4. The summed E-state index contributed by atoms with van der Waals surface area (Å²) in [6.45, 7) is 3.76. The fourth-order valence-corrected chi connectivity index (χ4v) is 1.33. The second-order valence-corrected chi connectivity index (χ2v) is 3.82. The molecule has 0 aliphatic rings. The maximum atomic E-state index is 12.9. The molecule has 0 bridgehead atoms. The predicted molar refractivity (Wildman–Crippen MR) is 61.4 cm³/mol. The molecular formula is C11H17ClFNO. The molecule has 0 aliphatic carbocycles. The van der Waals surface area contributed by atoms with Gasteiger partial charge in [-0.25, -0.2) is 4.39 Å². The van der Waals surface area contributed by atoms with Crippen molar-refractivity contribution in [3.63, 3.8) is 0 Å². The number of hydrogen-bond donors (Lipinski definition) is 2. The summed E-state index contributed by atoms with van der Waals surface area (Å²) in [5.74, 6) is -0.262. The highest BCUT2D eigenvalue weighted by atomic mass is 35.5. The van der Waals surface area contributed by atoms with Gasteiger partial charge in [0, 0.05) is 0 Å². The summed E-state index contributed by atoms with van der Waals surface area (Å²) >= 11 is 0. The van der Waals surface area contributed by atoms with E-state index in [1.165, 1.54) is 12.1 Å². The standard InChI is InChI=1S/C11H16FNO.ClH/c1-7(2)11(14)10(13)8-4-3-5-9(12)6-8;/h3-7,10-11,14H,13H2,1-2H3;1H/t10-,11+;/m1./s1. The maximum absolute atomic E-state index is 12.9. The molecule has 0 saturated carbocycles. The van der Waals surface area contributed by atoms with Crippen LogP contribution >= 0.6 is 12.4 Å². The first-order chi connectivity index (χ1) is 6.52. The Hall–Kier alpha value is -0.640. The average Bonchev–Trinajstić information content (AvgIpc) is 2.15. The van der Waals surface area contributed by atoms with Gasteiger partial charge in [0.2, 0.25) is 0 Å². The first-order valence-corrected chi connectivity index (χ1v) is 4.71. The number of hydrogen-bond acceptors (Lipinski definition) is 2. The van der Waals surface area contributed by atoms with E-state index in [0.717, 1.165) is 0 Å². The zero-order valence-electron chi connectivity index (χ0n) is 8.85. The van der Waals surface area contributed by atoms with Crippen LogP contribution in [0, 0.1) is 11.7 Å². The van der Waals surface area contributed by atoms with E-state index in [1.54, 1.807) is 12.1 Å². The molecule has 3 N–H and O–H groups in total. The third-order valence-electron chi connectivity index (χ3n) is 2.28. The lowest BCUT2D eigenvalue weighted by molar-refractivity contribution is 0.0978. The number of aliphatic hydroxyl groups is 1. The Bertz CT molecular complexity index is 306. The Morgan fingerprint density at radius 3 is 2.40 bits per heavy atom. The van der Waals surface area contributed by atoms with E-state index < -0.39 is 12.1 Å². The van der Waals surface area contributed by atoms with Crippen LogP contribution in [0.25, 0.3) is 0 Å². The Balaban J connectivity index is 0.00000196. The molecule has 2 nitrogen and oxygen atoms in total. The van der Waals surface area contributed by atoms with Gasteiger partial charge < -0.3 is 10.8 Å². The van der Waals surface area contributed by atoms with E-state index in [-0.39, 0.29) is 24.1 Å². The van der Waals surface area contributed by atoms with Gasteiger partial charge in [0.05, 0.1) is 12.1 Å². The van der Waals surface area contributed by atoms with Crippen molar-refractivity contribution in [3.8, 4) is 0 Å². The molecule has 2 atom stereocenters. The fourth-order valence-electron chi connectivity index (χ4n) is 1.33. The molecule has 86 valence electrons. The van der Waals surface area contributed by atoms with Crippen molar-refractivity contribution in [3.05, 3.63) is 35.6 Å². The molecule has 0 aromatic heterocycles. The molecule has 0 unspecified atom stereocenters. The number of halogens is 2. The molecule has 0 spiro atoms. The largest absolute Gasteiger partial charge is 0.391 e. The molecule has 1 rings (SSSR count). The van der Waals surface area contributed by atoms with Crippen molar-refractivity contribution in [1.82, 2.24) is 0 Å². The minimum absolute atomic E-state index is 0. The van der Waals surface area contributed by atoms with Gasteiger partial charge in [-0.15, -0.1) is 12.4 Å². The molecule has 1 aromatic rings. The van der Waals surface area contributed by atoms with Crippen LogP contribution < -0.4 is 5.73 Å². The van der Waals surface area contributed by atoms with E-state index in [2.05, 4.69) is 0 Å². The lowest BCUT2D eigenvalue weighted by atomic mass is 9.94. The molecule has 4 heteroatoms. The van der Waals surface area contributed by atoms with Crippen molar-refractivity contribution < 1.29 is 9.50 Å². The Morgan fingerprint density at radius 2 is 1.93 bits per heavy atom. The van der Waals surface area contributed by atoms with E-state index in [0.29, 0.717) is 5.56 Å². The van der Waals surface area contributed by atoms with Gasteiger partial charge in [0.25, 0.3) is 0 Å². The highest BCUT2D eigenvalue weighted by molar-refractivity contribution is 5.85. The SMILES string of the molecule is CC(C)[C@H](O)[C@H](N)c1cccc(F)c1.Cl. The summed E-state index contributed by atoms with van der Waals surface area (Å²) in [5, 5.41) is 9.69. The minimum atomic E-state index is -0.642. The summed E-state index contributed by atoms with van der Waals surface area (Å²) in [5.41, 5.74) is 6.42. The lowest BCUT2D eigenvalue weighted by Gasteiger charge is -2.22. The summed E-state index contributed by atoms with van der Waals surface area (Å²) in [4.78, 5) is 0. The second kappa shape index (κ2) is 6.05. The van der Waals surface area contributed by atoms with E-state index in [1.807, 2.05) is 13.8 Å². The normalized spacial score (nSPS) is 14.5. The van der Waals surface area contributed by atoms with Gasteiger partial charge in [-0.05, 0) is 23.6 Å². The Labute approximate surface area is 95.7 Å². The maximum Gasteiger partial charge on any atom is 0.123 e. The van der Waals surface area contributed by atoms with E-state index in [4.69, 9.17) is 5.73 Å². The van der Waals surface area contributed by atoms with Crippen molar-refractivity contribution >= 4 is 12.4 Å². The van der Waals surface area contributed by atoms with Crippen LogP contribution in [0.3, 0.4) is 0 Å². The molecule has 1 aromatic carbocycles. The van der Waals surface area contributed by atoms with Gasteiger partial charge in [0.15, 0.2) is 0 Å². The smallest absolute Gasteiger partial charge is 0.123 e. The molecular weight excluding hydrogens is 217 g/mol. The van der Waals surface area contributed by atoms with Crippen LogP contribution in [-0.4, -0.2) is 11.2 Å². The molecule has 0 radical (unpaired) electrons. The summed E-state index contributed by atoms with van der Waals surface area (Å²) in [6, 6.07) is 5.51. The van der Waals surface area contributed by atoms with Crippen LogP contribution in [-0.2, 0) is 0 Å². The molecule has 15 heavy (non-hydrogen) atoms. The van der Waals surface area contributed by atoms with Crippen molar-refractivity contribution in [1.29, 1.82) is 0 Å². The zero-order valence-corrected chi connectivity index (χ0v) is 9.67. The number of nitrogens with two attached hydrogens (primary N) is 1. The third kappa shape index (κ3) is 3.78. The molecule has 0 amide bonds. The van der Waals surface area contributed by atoms with Crippen LogP contribution in [0.4, 0.5) is 4.39 Å². The molecule has 0 saturated heterocycles. The molecule has 0 heterocycles. The Morgan fingerprint density at radius 1 is 1.33 bits per heavy atom. The van der Waals surface area contributed by atoms with Gasteiger partial charge in [-0.1, -0.05) is 26.0 Å². The quantitative estimate of drug-likeness (QED) is 0.841. The van der Waals surface area contributed by atoms with Gasteiger partial charge in [-0.2, -0.15) is 0 Å². The van der Waals surface area contributed by atoms with Crippen LogP contribution in [0.5, 0.6) is 0 Å². The van der Waals surface area contributed by atoms with Crippen LogP contribution in [0.2, 0.25) is 0 Å². The molecule has 0 fully saturated rings. The highest BCUT2D eigenvalue weighted by Crippen LogP contribution is 2.19. The first-order valence-electron chi connectivity index (χ1n) is 4.71. The van der Waals surface area contributed by atoms with Crippen molar-refractivity contribution in [2.75, 3.05) is 0 Å². The fraction of sp³-hybridized carbons (Fsp3) is 0.455. The monoisotopic (exact) mass is 233 g/mol. The third-order valence-corrected chi connectivity index (χ3v) is 2.28. The Kier molecular flexibility index (Phi) is 5.80. The summed E-state index contributed by atoms with van der Waals surface area (Å²) < 4.78 is 12.9. The lowest BCUT2D eigenvalue weighted by Crippen LogP contribution is -2.30. The number of aliphatic hydroxyl groups excluding tert-OH is 1. The van der Waals surface area contributed by atoms with Crippen LogP contribution in [0.1, 0.15) is 25.5 Å². The topological polar surface area (TPSA) is 46.2 Å². The predicted octanol–water partition coefficient (Wildman–Crippen LogP) is 2.26. The van der Waals surface area contributed by atoms with Crippen molar-refractivity contribution in [2.45, 2.75) is 26.0 Å². The van der Waals surface area contributed by atoms with Gasteiger partial charge in [0.1, 0.15) is 5.82 Å². The van der Waals surface area contributed by atoms with Gasteiger partial charge in [-0.3, -0.25) is 0 Å².